The number of imide groups is 1. The van der Waals surface area contributed by atoms with Gasteiger partial charge in [-0.2, -0.15) is 0 Å². The van der Waals surface area contributed by atoms with Crippen LogP contribution >= 0.6 is 15.9 Å². The summed E-state index contributed by atoms with van der Waals surface area (Å²) in [5, 5.41) is 2.92. The van der Waals surface area contributed by atoms with E-state index < -0.39 is 0 Å². The third-order valence-electron chi connectivity index (χ3n) is 5.07. The fourth-order valence-electron chi connectivity index (χ4n) is 3.37. The van der Waals surface area contributed by atoms with Gasteiger partial charge in [0.25, 0.3) is 11.8 Å². The van der Waals surface area contributed by atoms with Crippen LogP contribution in [-0.2, 0) is 4.79 Å². The zero-order chi connectivity index (χ0) is 21.1. The SMILES string of the molecule is Cc1ccc(C(CNC(=O)CCN2C(=O)c3ccc(Br)cc3C2=O)N(C)C)cc1. The van der Waals surface area contributed by atoms with Gasteiger partial charge in [-0.25, -0.2) is 0 Å². The molecule has 1 N–H and O–H groups in total. The third-order valence-corrected chi connectivity index (χ3v) is 5.57. The minimum Gasteiger partial charge on any atom is -0.354 e. The standard InChI is InChI=1S/C22H24BrN3O3/c1-14-4-6-15(7-5-14)19(25(2)3)13-24-20(27)10-11-26-21(28)17-9-8-16(23)12-18(17)22(26)29/h4-9,12,19H,10-11,13H2,1-3H3,(H,24,27). The van der Waals surface area contributed by atoms with E-state index in [0.717, 1.165) is 14.9 Å². The number of nitrogens with zero attached hydrogens (tertiary/aromatic N) is 2. The van der Waals surface area contributed by atoms with Crippen LogP contribution in [0.25, 0.3) is 0 Å². The molecular formula is C22H24BrN3O3. The molecule has 0 bridgehead atoms. The number of aryl methyl sites for hydroxylation is 1. The summed E-state index contributed by atoms with van der Waals surface area (Å²) in [5.41, 5.74) is 3.05. The molecule has 1 unspecified atom stereocenters. The Morgan fingerprint density at radius 2 is 1.72 bits per heavy atom. The van der Waals surface area contributed by atoms with Crippen LogP contribution in [0.1, 0.15) is 44.3 Å². The van der Waals surface area contributed by atoms with Crippen molar-refractivity contribution in [3.63, 3.8) is 0 Å². The Hall–Kier alpha value is -2.51. The van der Waals surface area contributed by atoms with Crippen LogP contribution in [0.15, 0.2) is 46.9 Å². The van der Waals surface area contributed by atoms with Crippen molar-refractivity contribution in [2.75, 3.05) is 27.2 Å². The number of hydrogen-bond donors (Lipinski definition) is 1. The van der Waals surface area contributed by atoms with Gasteiger partial charge in [-0.3, -0.25) is 19.3 Å². The van der Waals surface area contributed by atoms with Gasteiger partial charge in [0, 0.05) is 24.0 Å². The number of nitrogens with one attached hydrogen (secondary N) is 1. The maximum Gasteiger partial charge on any atom is 0.261 e. The van der Waals surface area contributed by atoms with Crippen LogP contribution in [0.5, 0.6) is 0 Å². The van der Waals surface area contributed by atoms with Gasteiger partial charge in [0.2, 0.25) is 5.91 Å². The highest BCUT2D eigenvalue weighted by molar-refractivity contribution is 9.10. The molecule has 0 aliphatic carbocycles. The van der Waals surface area contributed by atoms with E-state index in [-0.39, 0.29) is 36.7 Å². The van der Waals surface area contributed by atoms with Gasteiger partial charge in [0.15, 0.2) is 0 Å². The van der Waals surface area contributed by atoms with Crippen LogP contribution in [0.3, 0.4) is 0 Å². The van der Waals surface area contributed by atoms with Crippen LogP contribution in [0, 0.1) is 6.92 Å². The van der Waals surface area contributed by atoms with Crippen LogP contribution < -0.4 is 5.32 Å². The summed E-state index contributed by atoms with van der Waals surface area (Å²) in [6.45, 7) is 2.55. The molecule has 1 aliphatic heterocycles. The maximum absolute atomic E-state index is 12.5. The number of amides is 3. The number of likely N-dealkylation sites (N-methyl/N-ethyl adjacent to an activating group) is 1. The van der Waals surface area contributed by atoms with Gasteiger partial charge in [0.05, 0.1) is 17.2 Å². The lowest BCUT2D eigenvalue weighted by Gasteiger charge is -2.25. The first-order valence-corrected chi connectivity index (χ1v) is 10.2. The van der Waals surface area contributed by atoms with Crippen molar-refractivity contribution in [3.8, 4) is 0 Å². The van der Waals surface area contributed by atoms with Crippen LogP contribution in [0.2, 0.25) is 0 Å². The average molecular weight is 458 g/mol. The van der Waals surface area contributed by atoms with Gasteiger partial charge in [-0.1, -0.05) is 45.8 Å². The Labute approximate surface area is 179 Å². The highest BCUT2D eigenvalue weighted by Crippen LogP contribution is 2.26. The maximum atomic E-state index is 12.5. The molecule has 1 heterocycles. The van der Waals surface area contributed by atoms with E-state index in [2.05, 4.69) is 33.4 Å². The van der Waals surface area contributed by atoms with E-state index in [1.165, 1.54) is 5.56 Å². The summed E-state index contributed by atoms with van der Waals surface area (Å²) >= 11 is 3.31. The number of benzene rings is 2. The largest absolute Gasteiger partial charge is 0.354 e. The lowest BCUT2D eigenvalue weighted by Crippen LogP contribution is -2.37. The number of hydrogen-bond acceptors (Lipinski definition) is 4. The highest BCUT2D eigenvalue weighted by atomic mass is 79.9. The fourth-order valence-corrected chi connectivity index (χ4v) is 3.73. The molecule has 0 radical (unpaired) electrons. The lowest BCUT2D eigenvalue weighted by atomic mass is 10.0. The summed E-state index contributed by atoms with van der Waals surface area (Å²) in [6, 6.07) is 13.2. The van der Waals surface area contributed by atoms with Crippen molar-refractivity contribution in [2.45, 2.75) is 19.4 Å². The molecule has 152 valence electrons. The van der Waals surface area contributed by atoms with E-state index in [9.17, 15) is 14.4 Å². The van der Waals surface area contributed by atoms with E-state index in [0.29, 0.717) is 17.7 Å². The summed E-state index contributed by atoms with van der Waals surface area (Å²) in [4.78, 5) is 40.5. The van der Waals surface area contributed by atoms with Crippen molar-refractivity contribution in [1.82, 2.24) is 15.1 Å². The minimum absolute atomic E-state index is 0.0382. The van der Waals surface area contributed by atoms with Crippen molar-refractivity contribution in [2.24, 2.45) is 0 Å². The number of rotatable bonds is 7. The third kappa shape index (κ3) is 4.74. The van der Waals surface area contributed by atoms with E-state index in [1.807, 2.05) is 38.1 Å². The summed E-state index contributed by atoms with van der Waals surface area (Å²) < 4.78 is 0.739. The van der Waals surface area contributed by atoms with E-state index in [4.69, 9.17) is 0 Å². The van der Waals surface area contributed by atoms with Crippen molar-refractivity contribution < 1.29 is 14.4 Å². The van der Waals surface area contributed by atoms with Crippen molar-refractivity contribution in [3.05, 3.63) is 69.2 Å². The van der Waals surface area contributed by atoms with Crippen LogP contribution in [0.4, 0.5) is 0 Å². The molecule has 0 fully saturated rings. The van der Waals surface area contributed by atoms with E-state index >= 15 is 0 Å². The number of carbonyl (C=O) groups is 3. The summed E-state index contributed by atoms with van der Waals surface area (Å²) in [7, 11) is 3.93. The molecule has 0 saturated heterocycles. The molecule has 0 aromatic heterocycles. The van der Waals surface area contributed by atoms with E-state index in [1.54, 1.807) is 18.2 Å². The molecular weight excluding hydrogens is 434 g/mol. The molecule has 3 rings (SSSR count). The van der Waals surface area contributed by atoms with Gasteiger partial charge in [0.1, 0.15) is 0 Å². The van der Waals surface area contributed by atoms with Gasteiger partial charge in [-0.15, -0.1) is 0 Å². The molecule has 1 aliphatic rings. The summed E-state index contributed by atoms with van der Waals surface area (Å²) in [6.07, 6.45) is 0.0701. The number of fused-ring (bicyclic) bond motifs is 1. The minimum atomic E-state index is -0.357. The summed E-state index contributed by atoms with van der Waals surface area (Å²) in [5.74, 6) is -0.900. The monoisotopic (exact) mass is 457 g/mol. The van der Waals surface area contributed by atoms with Crippen molar-refractivity contribution >= 4 is 33.7 Å². The van der Waals surface area contributed by atoms with Crippen LogP contribution in [-0.4, -0.2) is 54.7 Å². The zero-order valence-corrected chi connectivity index (χ0v) is 18.3. The predicted molar refractivity (Wildman–Crippen MR) is 115 cm³/mol. The topological polar surface area (TPSA) is 69.7 Å². The predicted octanol–water partition coefficient (Wildman–Crippen LogP) is 3.16. The Balaban J connectivity index is 1.56. The Bertz CT molecular complexity index is 941. The molecule has 2 aromatic rings. The number of carbonyl (C=O) groups excluding carboxylic acids is 3. The molecule has 1 atom stereocenters. The molecule has 2 aromatic carbocycles. The first-order chi connectivity index (χ1) is 13.8. The second kappa shape index (κ2) is 8.88. The lowest BCUT2D eigenvalue weighted by molar-refractivity contribution is -0.121. The fraction of sp³-hybridized carbons (Fsp3) is 0.318. The van der Waals surface area contributed by atoms with Gasteiger partial charge >= 0.3 is 0 Å². The smallest absolute Gasteiger partial charge is 0.261 e. The van der Waals surface area contributed by atoms with Crippen molar-refractivity contribution in [1.29, 1.82) is 0 Å². The highest BCUT2D eigenvalue weighted by Gasteiger charge is 2.35. The number of halogens is 1. The Kier molecular flexibility index (Phi) is 6.49. The van der Waals surface area contributed by atoms with Gasteiger partial charge in [-0.05, 0) is 44.8 Å². The average Bonchev–Trinajstić information content (AvgIpc) is 2.91. The molecule has 29 heavy (non-hydrogen) atoms. The molecule has 0 spiro atoms. The Morgan fingerprint density at radius 3 is 2.38 bits per heavy atom. The first kappa shape index (κ1) is 21.2. The molecule has 0 saturated carbocycles. The van der Waals surface area contributed by atoms with Gasteiger partial charge < -0.3 is 10.2 Å². The zero-order valence-electron chi connectivity index (χ0n) is 16.7. The Morgan fingerprint density at radius 1 is 1.07 bits per heavy atom. The normalized spacial score (nSPS) is 14.3. The second-order valence-electron chi connectivity index (χ2n) is 7.40. The molecule has 7 heteroatoms. The quantitative estimate of drug-likeness (QED) is 0.648. The first-order valence-electron chi connectivity index (χ1n) is 9.43. The molecule has 6 nitrogen and oxygen atoms in total. The molecule has 3 amide bonds. The second-order valence-corrected chi connectivity index (χ2v) is 8.31.